The molecule has 0 radical (unpaired) electrons. The second kappa shape index (κ2) is 9.15. The summed E-state index contributed by atoms with van der Waals surface area (Å²) < 4.78 is 14.7. The van der Waals surface area contributed by atoms with Gasteiger partial charge < -0.3 is 14.2 Å². The van der Waals surface area contributed by atoms with Gasteiger partial charge >= 0.3 is 0 Å². The van der Waals surface area contributed by atoms with E-state index < -0.39 is 0 Å². The molecule has 3 heterocycles. The lowest BCUT2D eigenvalue weighted by molar-refractivity contribution is -0.135. The molecule has 3 aliphatic heterocycles. The van der Waals surface area contributed by atoms with Crippen LogP contribution < -0.4 is 0 Å². The minimum absolute atomic E-state index is 0. The highest BCUT2D eigenvalue weighted by atomic mass is 16.6. The monoisotopic (exact) mass is 329 g/mol. The zero-order valence-corrected chi connectivity index (χ0v) is 14.4. The largest absolute Gasteiger partial charge is 0.384 e. The van der Waals surface area contributed by atoms with E-state index >= 15 is 0 Å². The number of carbonyl (C=O) groups is 2. The molecule has 0 aromatic heterocycles. The molecule has 2 amide bonds. The van der Waals surface area contributed by atoms with E-state index in [9.17, 15) is 9.59 Å². The molecular weight excluding hydrogens is 298 g/mol. The molecule has 134 valence electrons. The van der Waals surface area contributed by atoms with Crippen LogP contribution in [0.2, 0.25) is 0 Å². The van der Waals surface area contributed by atoms with Crippen molar-refractivity contribution in [1.82, 2.24) is 4.90 Å². The Kier molecular flexibility index (Phi) is 8.66. The maximum absolute atomic E-state index is 11.0. The van der Waals surface area contributed by atoms with E-state index in [1.807, 2.05) is 0 Å². The summed E-state index contributed by atoms with van der Waals surface area (Å²) in [6.45, 7) is 11.1. The zero-order valence-electron chi connectivity index (χ0n) is 14.4. The topological polar surface area (TPSA) is 68.4 Å². The normalized spacial score (nSPS) is 23.9. The molecule has 1 unspecified atom stereocenters. The molecule has 1 atom stereocenters. The lowest BCUT2D eigenvalue weighted by Gasteiger charge is -2.37. The van der Waals surface area contributed by atoms with Crippen molar-refractivity contribution in [2.75, 3.05) is 40.6 Å². The maximum Gasteiger partial charge on any atom is 0.256 e. The first-order chi connectivity index (χ1) is 10.2. The van der Waals surface area contributed by atoms with Crippen molar-refractivity contribution in [3.8, 4) is 0 Å². The molecule has 0 aromatic rings. The molecule has 23 heavy (non-hydrogen) atoms. The fourth-order valence-corrected chi connectivity index (χ4v) is 1.89. The van der Waals surface area contributed by atoms with E-state index in [2.05, 4.69) is 13.8 Å². The SMILES string of the molecule is C.CC1=C(C)C(=O)N(C)C1=O.CC1CO1.COCC1(C)COC1. The Morgan fingerprint density at radius 1 is 1.22 bits per heavy atom. The van der Waals surface area contributed by atoms with Crippen molar-refractivity contribution >= 4 is 11.8 Å². The van der Waals surface area contributed by atoms with Crippen molar-refractivity contribution < 1.29 is 23.8 Å². The van der Waals surface area contributed by atoms with Crippen molar-refractivity contribution in [2.45, 2.75) is 41.2 Å². The van der Waals surface area contributed by atoms with Crippen LogP contribution in [0.5, 0.6) is 0 Å². The molecule has 0 aliphatic carbocycles. The molecular formula is C17H31NO5. The number of carbonyl (C=O) groups excluding carboxylic acids is 2. The van der Waals surface area contributed by atoms with Gasteiger partial charge in [-0.05, 0) is 20.8 Å². The van der Waals surface area contributed by atoms with Gasteiger partial charge in [-0.1, -0.05) is 14.4 Å². The number of ether oxygens (including phenoxy) is 3. The summed E-state index contributed by atoms with van der Waals surface area (Å²) >= 11 is 0. The Bertz CT molecular complexity index is 426. The summed E-state index contributed by atoms with van der Waals surface area (Å²) in [5.74, 6) is -0.356. The standard InChI is InChI=1S/C7H9NO2.C6H12O2.C3H6O.CH4/c1-4-5(2)7(10)8(3)6(4)9;1-6(3-7-2)4-8-5-6;1-3-2-4-3;/h1-3H3;3-5H2,1-2H3;3H,2H2,1H3;1H4. The highest BCUT2D eigenvalue weighted by Gasteiger charge is 2.33. The van der Waals surface area contributed by atoms with Crippen LogP contribution in [0.4, 0.5) is 0 Å². The van der Waals surface area contributed by atoms with Gasteiger partial charge in [0.2, 0.25) is 0 Å². The third-order valence-corrected chi connectivity index (χ3v) is 3.71. The molecule has 0 saturated carbocycles. The molecule has 2 fully saturated rings. The first-order valence-corrected chi connectivity index (χ1v) is 7.40. The van der Waals surface area contributed by atoms with E-state index in [0.29, 0.717) is 22.7 Å². The fourth-order valence-electron chi connectivity index (χ4n) is 1.89. The molecule has 6 nitrogen and oxygen atoms in total. The van der Waals surface area contributed by atoms with Gasteiger partial charge in [0, 0.05) is 30.7 Å². The van der Waals surface area contributed by atoms with Crippen LogP contribution in [0.15, 0.2) is 11.1 Å². The van der Waals surface area contributed by atoms with Crippen LogP contribution in [0.1, 0.15) is 35.1 Å². The summed E-state index contributed by atoms with van der Waals surface area (Å²) in [5.41, 5.74) is 1.45. The fraction of sp³-hybridized carbons (Fsp3) is 0.765. The predicted molar refractivity (Wildman–Crippen MR) is 89.1 cm³/mol. The van der Waals surface area contributed by atoms with Gasteiger partial charge in [-0.15, -0.1) is 0 Å². The molecule has 3 rings (SSSR count). The highest BCUT2D eigenvalue weighted by molar-refractivity contribution is 6.18. The Labute approximate surface area is 139 Å². The van der Waals surface area contributed by atoms with Crippen molar-refractivity contribution in [2.24, 2.45) is 5.41 Å². The van der Waals surface area contributed by atoms with Gasteiger partial charge in [0.25, 0.3) is 11.8 Å². The third kappa shape index (κ3) is 6.41. The highest BCUT2D eigenvalue weighted by Crippen LogP contribution is 2.25. The maximum atomic E-state index is 11.0. The zero-order chi connectivity index (χ0) is 16.9. The van der Waals surface area contributed by atoms with Crippen LogP contribution in [-0.2, 0) is 23.8 Å². The average Bonchev–Trinajstić information content (AvgIpc) is 3.22. The van der Waals surface area contributed by atoms with Crippen molar-refractivity contribution in [3.63, 3.8) is 0 Å². The van der Waals surface area contributed by atoms with Gasteiger partial charge in [0.1, 0.15) is 0 Å². The molecule has 6 heteroatoms. The van der Waals surface area contributed by atoms with Crippen molar-refractivity contribution in [1.29, 1.82) is 0 Å². The summed E-state index contributed by atoms with van der Waals surface area (Å²) in [6, 6.07) is 0. The number of likely N-dealkylation sites (N-methyl/N-ethyl adjacent to an activating group) is 1. The van der Waals surface area contributed by atoms with Crippen LogP contribution in [0.3, 0.4) is 0 Å². The molecule has 3 aliphatic rings. The van der Waals surface area contributed by atoms with Crippen LogP contribution in [-0.4, -0.2) is 63.4 Å². The number of amides is 2. The Morgan fingerprint density at radius 3 is 1.70 bits per heavy atom. The lowest BCUT2D eigenvalue weighted by Crippen LogP contribution is -2.43. The number of epoxide rings is 1. The van der Waals surface area contributed by atoms with E-state index in [1.54, 1.807) is 21.0 Å². The minimum atomic E-state index is -0.178. The van der Waals surface area contributed by atoms with Gasteiger partial charge in [0.05, 0.1) is 32.5 Å². The van der Waals surface area contributed by atoms with E-state index in [-0.39, 0.29) is 19.2 Å². The van der Waals surface area contributed by atoms with Crippen LogP contribution >= 0.6 is 0 Å². The smallest absolute Gasteiger partial charge is 0.256 e. The van der Waals surface area contributed by atoms with E-state index in [4.69, 9.17) is 14.2 Å². The lowest BCUT2D eigenvalue weighted by atomic mass is 9.90. The summed E-state index contributed by atoms with van der Waals surface area (Å²) in [5, 5.41) is 0. The van der Waals surface area contributed by atoms with Gasteiger partial charge in [-0.25, -0.2) is 0 Å². The number of nitrogens with zero attached hydrogens (tertiary/aromatic N) is 1. The Balaban J connectivity index is 0.000000333. The number of methoxy groups -OCH3 is 1. The number of imide groups is 1. The Hall–Kier alpha value is -1.24. The van der Waals surface area contributed by atoms with Crippen LogP contribution in [0, 0.1) is 5.41 Å². The van der Waals surface area contributed by atoms with Crippen molar-refractivity contribution in [3.05, 3.63) is 11.1 Å². The molecule has 0 N–H and O–H groups in total. The van der Waals surface area contributed by atoms with Crippen LogP contribution in [0.25, 0.3) is 0 Å². The third-order valence-electron chi connectivity index (χ3n) is 3.71. The number of hydrogen-bond acceptors (Lipinski definition) is 5. The minimum Gasteiger partial charge on any atom is -0.384 e. The molecule has 0 aromatic carbocycles. The van der Waals surface area contributed by atoms with E-state index in [0.717, 1.165) is 31.3 Å². The number of rotatable bonds is 2. The summed E-state index contributed by atoms with van der Waals surface area (Å²) in [6.07, 6.45) is 0.583. The number of hydrogen-bond donors (Lipinski definition) is 0. The molecule has 0 spiro atoms. The average molecular weight is 329 g/mol. The van der Waals surface area contributed by atoms with Gasteiger partial charge in [-0.3, -0.25) is 14.5 Å². The Morgan fingerprint density at radius 2 is 1.61 bits per heavy atom. The molecule has 2 saturated heterocycles. The first-order valence-electron chi connectivity index (χ1n) is 7.40. The summed E-state index contributed by atoms with van der Waals surface area (Å²) in [4.78, 5) is 23.1. The second-order valence-corrected chi connectivity index (χ2v) is 6.30. The summed E-state index contributed by atoms with van der Waals surface area (Å²) in [7, 11) is 3.22. The second-order valence-electron chi connectivity index (χ2n) is 6.30. The predicted octanol–water partition coefficient (Wildman–Crippen LogP) is 2.03. The quantitative estimate of drug-likeness (QED) is 0.573. The van der Waals surface area contributed by atoms with Gasteiger partial charge in [-0.2, -0.15) is 0 Å². The first kappa shape index (κ1) is 21.8. The van der Waals surface area contributed by atoms with Gasteiger partial charge in [0.15, 0.2) is 0 Å². The van der Waals surface area contributed by atoms with E-state index in [1.165, 1.54) is 7.05 Å². The molecule has 0 bridgehead atoms.